The number of hydrogen-bond donors (Lipinski definition) is 2. The summed E-state index contributed by atoms with van der Waals surface area (Å²) < 4.78 is 0. The van der Waals surface area contributed by atoms with Gasteiger partial charge in [-0.3, -0.25) is 0 Å². The van der Waals surface area contributed by atoms with Gasteiger partial charge in [0.15, 0.2) is 0 Å². The molecule has 1 aliphatic carbocycles. The minimum absolute atomic E-state index is 0.0445. The van der Waals surface area contributed by atoms with Crippen LogP contribution in [0, 0.1) is 0 Å². The van der Waals surface area contributed by atoms with E-state index in [4.69, 9.17) is 0 Å². The van der Waals surface area contributed by atoms with Gasteiger partial charge in [0.25, 0.3) is 0 Å². The van der Waals surface area contributed by atoms with Crippen LogP contribution in [0.4, 0.5) is 0 Å². The third-order valence-electron chi connectivity index (χ3n) is 3.11. The highest BCUT2D eigenvalue weighted by Crippen LogP contribution is 2.18. The van der Waals surface area contributed by atoms with Crippen molar-refractivity contribution >= 4 is 0 Å². The van der Waals surface area contributed by atoms with Gasteiger partial charge in [-0.1, -0.05) is 26.2 Å². The molecule has 2 unspecified atom stereocenters. The second-order valence-corrected chi connectivity index (χ2v) is 4.53. The molecule has 0 aromatic rings. The van der Waals surface area contributed by atoms with Crippen molar-refractivity contribution < 1.29 is 5.11 Å². The summed E-state index contributed by atoms with van der Waals surface area (Å²) in [5.74, 6) is 0. The lowest BCUT2D eigenvalue weighted by Gasteiger charge is -2.26. The van der Waals surface area contributed by atoms with Crippen molar-refractivity contribution in [2.75, 3.05) is 6.54 Å². The molecule has 1 saturated carbocycles. The van der Waals surface area contributed by atoms with Gasteiger partial charge in [-0.05, 0) is 38.6 Å². The summed E-state index contributed by atoms with van der Waals surface area (Å²) in [6.45, 7) is 3.38. The predicted octanol–water partition coefficient (Wildman–Crippen LogP) is 2.46. The van der Waals surface area contributed by atoms with E-state index in [1.807, 2.05) is 0 Å². The third-order valence-corrected chi connectivity index (χ3v) is 3.11. The van der Waals surface area contributed by atoms with Gasteiger partial charge >= 0.3 is 0 Å². The van der Waals surface area contributed by atoms with E-state index in [0.29, 0.717) is 6.04 Å². The summed E-state index contributed by atoms with van der Waals surface area (Å²) in [5, 5.41) is 13.0. The molecule has 14 heavy (non-hydrogen) atoms. The van der Waals surface area contributed by atoms with Gasteiger partial charge in [0.2, 0.25) is 0 Å². The Morgan fingerprint density at radius 3 is 2.79 bits per heavy atom. The first-order valence-electron chi connectivity index (χ1n) is 6.24. The SMILES string of the molecule is CCCCCCNC1CCCC(O)C1. The Bertz CT molecular complexity index is 138. The topological polar surface area (TPSA) is 32.3 Å². The first-order chi connectivity index (χ1) is 6.83. The van der Waals surface area contributed by atoms with Crippen LogP contribution in [-0.4, -0.2) is 23.8 Å². The molecular formula is C12H25NO. The van der Waals surface area contributed by atoms with Crippen LogP contribution in [0.15, 0.2) is 0 Å². The van der Waals surface area contributed by atoms with Gasteiger partial charge in [0.05, 0.1) is 6.10 Å². The lowest BCUT2D eigenvalue weighted by atomic mass is 9.93. The van der Waals surface area contributed by atoms with Crippen molar-refractivity contribution in [2.45, 2.75) is 70.4 Å². The molecule has 0 bridgehead atoms. The first-order valence-corrected chi connectivity index (χ1v) is 6.24. The van der Waals surface area contributed by atoms with Crippen LogP contribution in [-0.2, 0) is 0 Å². The molecule has 1 fully saturated rings. The molecule has 2 heteroatoms. The Morgan fingerprint density at radius 2 is 2.07 bits per heavy atom. The second-order valence-electron chi connectivity index (χ2n) is 4.53. The fraction of sp³-hybridized carbons (Fsp3) is 1.00. The third kappa shape index (κ3) is 4.97. The quantitative estimate of drug-likeness (QED) is 0.644. The van der Waals surface area contributed by atoms with Gasteiger partial charge in [-0.15, -0.1) is 0 Å². The molecule has 0 spiro atoms. The van der Waals surface area contributed by atoms with E-state index in [1.54, 1.807) is 0 Å². The Morgan fingerprint density at radius 1 is 1.21 bits per heavy atom. The van der Waals surface area contributed by atoms with Crippen molar-refractivity contribution in [2.24, 2.45) is 0 Å². The van der Waals surface area contributed by atoms with Gasteiger partial charge in [0, 0.05) is 6.04 Å². The van der Waals surface area contributed by atoms with Crippen LogP contribution >= 0.6 is 0 Å². The minimum atomic E-state index is -0.0445. The fourth-order valence-electron chi connectivity index (χ4n) is 2.21. The molecule has 84 valence electrons. The smallest absolute Gasteiger partial charge is 0.0555 e. The molecule has 2 N–H and O–H groups in total. The van der Waals surface area contributed by atoms with E-state index in [-0.39, 0.29) is 6.10 Å². The molecule has 0 aromatic carbocycles. The Balaban J connectivity index is 1.95. The Kier molecular flexibility index (Phi) is 6.20. The lowest BCUT2D eigenvalue weighted by molar-refractivity contribution is 0.112. The number of unbranched alkanes of at least 4 members (excludes halogenated alkanes) is 3. The van der Waals surface area contributed by atoms with Gasteiger partial charge < -0.3 is 10.4 Å². The van der Waals surface area contributed by atoms with Crippen molar-refractivity contribution in [1.82, 2.24) is 5.32 Å². The molecule has 0 heterocycles. The Labute approximate surface area is 88.1 Å². The summed E-state index contributed by atoms with van der Waals surface area (Å²) in [6.07, 6.45) is 9.67. The van der Waals surface area contributed by atoms with E-state index in [1.165, 1.54) is 38.5 Å². The van der Waals surface area contributed by atoms with Crippen molar-refractivity contribution in [1.29, 1.82) is 0 Å². The van der Waals surface area contributed by atoms with Crippen LogP contribution in [0.3, 0.4) is 0 Å². The first kappa shape index (κ1) is 12.0. The van der Waals surface area contributed by atoms with E-state index in [9.17, 15) is 5.11 Å². The van der Waals surface area contributed by atoms with Crippen LogP contribution in [0.25, 0.3) is 0 Å². The highest BCUT2D eigenvalue weighted by molar-refractivity contribution is 4.76. The van der Waals surface area contributed by atoms with Crippen LogP contribution < -0.4 is 5.32 Å². The Hall–Kier alpha value is -0.0800. The average molecular weight is 199 g/mol. The number of aliphatic hydroxyl groups excluding tert-OH is 1. The zero-order valence-corrected chi connectivity index (χ0v) is 9.47. The summed E-state index contributed by atoms with van der Waals surface area (Å²) in [5.41, 5.74) is 0. The highest BCUT2D eigenvalue weighted by atomic mass is 16.3. The maximum Gasteiger partial charge on any atom is 0.0555 e. The second kappa shape index (κ2) is 7.24. The lowest BCUT2D eigenvalue weighted by Crippen LogP contribution is -2.36. The van der Waals surface area contributed by atoms with Crippen LogP contribution in [0.1, 0.15) is 58.3 Å². The maximum atomic E-state index is 9.48. The minimum Gasteiger partial charge on any atom is -0.393 e. The van der Waals surface area contributed by atoms with E-state index in [2.05, 4.69) is 12.2 Å². The molecule has 0 saturated heterocycles. The predicted molar refractivity (Wildman–Crippen MR) is 60.4 cm³/mol. The molecular weight excluding hydrogens is 174 g/mol. The van der Waals surface area contributed by atoms with Crippen molar-refractivity contribution in [3.63, 3.8) is 0 Å². The van der Waals surface area contributed by atoms with Gasteiger partial charge in [0.1, 0.15) is 0 Å². The summed E-state index contributed by atoms with van der Waals surface area (Å²) in [7, 11) is 0. The standard InChI is InChI=1S/C12H25NO/c1-2-3-4-5-9-13-11-7-6-8-12(14)10-11/h11-14H,2-10H2,1H3. The largest absolute Gasteiger partial charge is 0.393 e. The van der Waals surface area contributed by atoms with Crippen LogP contribution in [0.2, 0.25) is 0 Å². The van der Waals surface area contributed by atoms with Gasteiger partial charge in [-0.25, -0.2) is 0 Å². The zero-order valence-electron chi connectivity index (χ0n) is 9.47. The number of hydrogen-bond acceptors (Lipinski definition) is 2. The average Bonchev–Trinajstić information content (AvgIpc) is 2.18. The molecule has 0 aromatic heterocycles. The zero-order chi connectivity index (χ0) is 10.2. The molecule has 2 nitrogen and oxygen atoms in total. The number of rotatable bonds is 6. The fourth-order valence-corrected chi connectivity index (χ4v) is 2.21. The van der Waals surface area contributed by atoms with Crippen molar-refractivity contribution in [3.8, 4) is 0 Å². The molecule has 0 amide bonds. The van der Waals surface area contributed by atoms with E-state index < -0.39 is 0 Å². The molecule has 1 rings (SSSR count). The van der Waals surface area contributed by atoms with E-state index >= 15 is 0 Å². The molecule has 2 atom stereocenters. The van der Waals surface area contributed by atoms with Gasteiger partial charge in [-0.2, -0.15) is 0 Å². The molecule has 1 aliphatic rings. The van der Waals surface area contributed by atoms with Crippen LogP contribution in [0.5, 0.6) is 0 Å². The summed E-state index contributed by atoms with van der Waals surface area (Å²) in [4.78, 5) is 0. The monoisotopic (exact) mass is 199 g/mol. The number of nitrogens with one attached hydrogen (secondary N) is 1. The number of aliphatic hydroxyl groups is 1. The highest BCUT2D eigenvalue weighted by Gasteiger charge is 2.18. The molecule has 0 radical (unpaired) electrons. The summed E-state index contributed by atoms with van der Waals surface area (Å²) in [6, 6.07) is 0.584. The summed E-state index contributed by atoms with van der Waals surface area (Å²) >= 11 is 0. The van der Waals surface area contributed by atoms with Crippen molar-refractivity contribution in [3.05, 3.63) is 0 Å². The normalized spacial score (nSPS) is 27.9. The molecule has 0 aliphatic heterocycles. The maximum absolute atomic E-state index is 9.48. The van der Waals surface area contributed by atoms with E-state index in [0.717, 1.165) is 19.4 Å².